The van der Waals surface area contributed by atoms with Crippen LogP contribution in [0.25, 0.3) is 0 Å². The van der Waals surface area contributed by atoms with Gasteiger partial charge in [0.05, 0.1) is 22.3 Å². The van der Waals surface area contributed by atoms with Gasteiger partial charge in [-0.1, -0.05) is 29.3 Å². The molecule has 0 saturated heterocycles. The highest BCUT2D eigenvalue weighted by Crippen LogP contribution is 2.30. The minimum atomic E-state index is -0.447. The van der Waals surface area contributed by atoms with Crippen LogP contribution in [-0.2, 0) is 0 Å². The summed E-state index contributed by atoms with van der Waals surface area (Å²) in [6.07, 6.45) is 0. The van der Waals surface area contributed by atoms with Crippen molar-refractivity contribution in [2.75, 3.05) is 18.5 Å². The van der Waals surface area contributed by atoms with E-state index in [9.17, 15) is 14.0 Å². The summed E-state index contributed by atoms with van der Waals surface area (Å²) in [5, 5.41) is 14.9. The maximum atomic E-state index is 13.2. The minimum absolute atomic E-state index is 0.119. The smallest absolute Gasteiger partial charge is 0.251 e. The lowest BCUT2D eigenvalue weighted by atomic mass is 9.96. The molecule has 5 nitrogen and oxygen atoms in total. The summed E-state index contributed by atoms with van der Waals surface area (Å²) in [6.45, 7) is 1.71. The molecule has 0 aliphatic carbocycles. The van der Waals surface area contributed by atoms with Crippen LogP contribution >= 0.6 is 23.2 Å². The fourth-order valence-electron chi connectivity index (χ4n) is 2.95. The van der Waals surface area contributed by atoms with E-state index in [1.807, 2.05) is 0 Å². The first-order valence-electron chi connectivity index (χ1n) is 9.36. The molecule has 3 N–H and O–H groups in total. The molecule has 0 bridgehead atoms. The Labute approximate surface area is 188 Å². The van der Waals surface area contributed by atoms with Crippen LogP contribution in [0.15, 0.2) is 54.6 Å². The van der Waals surface area contributed by atoms with E-state index in [1.54, 1.807) is 37.3 Å². The van der Waals surface area contributed by atoms with E-state index in [4.69, 9.17) is 28.3 Å². The first kappa shape index (κ1) is 22.7. The fraction of sp³-hybridized carbons (Fsp3) is 0.130. The van der Waals surface area contributed by atoms with Crippen LogP contribution in [0.1, 0.15) is 31.8 Å². The molecular formula is C23H19Cl2FN2O3. The van der Waals surface area contributed by atoms with Gasteiger partial charge in [0, 0.05) is 28.9 Å². The van der Waals surface area contributed by atoms with Gasteiger partial charge in [0.1, 0.15) is 5.82 Å². The molecule has 31 heavy (non-hydrogen) atoms. The van der Waals surface area contributed by atoms with E-state index in [-0.39, 0.29) is 40.5 Å². The van der Waals surface area contributed by atoms with Gasteiger partial charge in [0.2, 0.25) is 0 Å². The number of amides is 1. The van der Waals surface area contributed by atoms with Crippen molar-refractivity contribution in [3.63, 3.8) is 0 Å². The number of aliphatic hydroxyl groups is 1. The number of benzene rings is 3. The number of aryl methyl sites for hydroxylation is 1. The van der Waals surface area contributed by atoms with Crippen molar-refractivity contribution >= 4 is 46.3 Å². The van der Waals surface area contributed by atoms with Gasteiger partial charge >= 0.3 is 0 Å². The number of carbonyl (C=O) groups excluding carboxylic acids is 2. The van der Waals surface area contributed by atoms with Crippen LogP contribution in [0.3, 0.4) is 0 Å². The van der Waals surface area contributed by atoms with Crippen molar-refractivity contribution in [2.24, 2.45) is 0 Å². The Morgan fingerprint density at radius 3 is 2.42 bits per heavy atom. The lowest BCUT2D eigenvalue weighted by Gasteiger charge is -2.12. The average molecular weight is 461 g/mol. The number of aliphatic hydroxyl groups excluding tert-OH is 1. The molecule has 0 aliphatic heterocycles. The van der Waals surface area contributed by atoms with Gasteiger partial charge in [-0.25, -0.2) is 4.39 Å². The molecule has 0 atom stereocenters. The first-order chi connectivity index (χ1) is 14.8. The van der Waals surface area contributed by atoms with E-state index in [0.29, 0.717) is 28.1 Å². The van der Waals surface area contributed by atoms with Crippen molar-refractivity contribution in [1.82, 2.24) is 5.32 Å². The van der Waals surface area contributed by atoms with E-state index in [1.165, 1.54) is 24.3 Å². The van der Waals surface area contributed by atoms with Crippen LogP contribution in [0.2, 0.25) is 10.0 Å². The van der Waals surface area contributed by atoms with Crippen molar-refractivity contribution in [3.05, 3.63) is 92.7 Å². The highest BCUT2D eigenvalue weighted by atomic mass is 35.5. The normalized spacial score (nSPS) is 10.6. The van der Waals surface area contributed by atoms with E-state index >= 15 is 0 Å². The number of rotatable bonds is 7. The molecule has 3 aromatic rings. The molecule has 0 unspecified atom stereocenters. The Balaban J connectivity index is 1.86. The second-order valence-corrected chi connectivity index (χ2v) is 7.60. The number of carbonyl (C=O) groups is 2. The zero-order valence-electron chi connectivity index (χ0n) is 16.5. The summed E-state index contributed by atoms with van der Waals surface area (Å²) in [6, 6.07) is 13.6. The zero-order valence-corrected chi connectivity index (χ0v) is 18.0. The second-order valence-electron chi connectivity index (χ2n) is 6.78. The molecule has 160 valence electrons. The molecular weight excluding hydrogens is 442 g/mol. The van der Waals surface area contributed by atoms with Gasteiger partial charge in [-0.3, -0.25) is 9.59 Å². The Morgan fingerprint density at radius 1 is 0.968 bits per heavy atom. The van der Waals surface area contributed by atoms with Crippen molar-refractivity contribution in [1.29, 1.82) is 0 Å². The minimum Gasteiger partial charge on any atom is -0.395 e. The average Bonchev–Trinajstić information content (AvgIpc) is 2.74. The maximum Gasteiger partial charge on any atom is 0.251 e. The summed E-state index contributed by atoms with van der Waals surface area (Å²) in [4.78, 5) is 25.3. The van der Waals surface area contributed by atoms with Crippen LogP contribution in [0, 0.1) is 12.7 Å². The lowest BCUT2D eigenvalue weighted by Crippen LogP contribution is -2.26. The SMILES string of the molecule is Cc1ccc(C(=O)NCCO)cc1C(=O)c1ccc(Nc2ccc(F)cc2Cl)cc1Cl. The number of hydrogen-bond acceptors (Lipinski definition) is 4. The van der Waals surface area contributed by atoms with Gasteiger partial charge in [-0.2, -0.15) is 0 Å². The second kappa shape index (κ2) is 9.92. The summed E-state index contributed by atoms with van der Waals surface area (Å²) in [5.74, 6) is -1.16. The van der Waals surface area contributed by atoms with Crippen molar-refractivity contribution < 1.29 is 19.1 Å². The van der Waals surface area contributed by atoms with Gasteiger partial charge in [0.25, 0.3) is 5.91 Å². The van der Waals surface area contributed by atoms with Crippen LogP contribution < -0.4 is 10.6 Å². The Hall–Kier alpha value is -2.93. The highest BCUT2D eigenvalue weighted by Gasteiger charge is 2.18. The zero-order chi connectivity index (χ0) is 22.5. The summed E-state index contributed by atoms with van der Waals surface area (Å²) in [7, 11) is 0. The third-order valence-corrected chi connectivity index (χ3v) is 5.19. The summed E-state index contributed by atoms with van der Waals surface area (Å²) < 4.78 is 13.2. The predicted octanol–water partition coefficient (Wildman–Crippen LogP) is 5.14. The molecule has 0 spiro atoms. The molecule has 0 radical (unpaired) electrons. The highest BCUT2D eigenvalue weighted by molar-refractivity contribution is 6.35. The lowest BCUT2D eigenvalue weighted by molar-refractivity contribution is 0.0944. The molecule has 8 heteroatoms. The number of hydrogen-bond donors (Lipinski definition) is 3. The Bertz CT molecular complexity index is 1150. The fourth-order valence-corrected chi connectivity index (χ4v) is 3.43. The molecule has 0 aromatic heterocycles. The van der Waals surface area contributed by atoms with Gasteiger partial charge < -0.3 is 15.7 Å². The number of anilines is 2. The molecule has 0 aliphatic rings. The molecule has 3 rings (SSSR count). The van der Waals surface area contributed by atoms with E-state index < -0.39 is 5.82 Å². The standard InChI is InChI=1S/C23H19Cl2FN2O3/c1-13-2-3-14(23(31)27-8-9-29)10-18(13)22(30)17-6-5-16(12-19(17)24)28-21-7-4-15(26)11-20(21)25/h2-7,10-12,28-29H,8-9H2,1H3,(H,27,31). The molecule has 1 amide bonds. The third kappa shape index (κ3) is 5.41. The number of nitrogens with one attached hydrogen (secondary N) is 2. The van der Waals surface area contributed by atoms with Crippen molar-refractivity contribution in [3.8, 4) is 0 Å². The number of halogens is 3. The van der Waals surface area contributed by atoms with Crippen LogP contribution in [0.4, 0.5) is 15.8 Å². The molecule has 3 aromatic carbocycles. The molecule has 0 heterocycles. The largest absolute Gasteiger partial charge is 0.395 e. The predicted molar refractivity (Wildman–Crippen MR) is 120 cm³/mol. The van der Waals surface area contributed by atoms with Crippen molar-refractivity contribution in [2.45, 2.75) is 6.92 Å². The monoisotopic (exact) mass is 460 g/mol. The van der Waals surface area contributed by atoms with Gasteiger partial charge in [-0.05, 0) is 61.0 Å². The van der Waals surface area contributed by atoms with Gasteiger partial charge in [-0.15, -0.1) is 0 Å². The quantitative estimate of drug-likeness (QED) is 0.426. The van der Waals surface area contributed by atoms with E-state index in [0.717, 1.165) is 0 Å². The van der Waals surface area contributed by atoms with Gasteiger partial charge in [0.15, 0.2) is 5.78 Å². The van der Waals surface area contributed by atoms with Crippen LogP contribution in [0.5, 0.6) is 0 Å². The Kier molecular flexibility index (Phi) is 7.28. The Morgan fingerprint density at radius 2 is 1.74 bits per heavy atom. The molecule has 0 fully saturated rings. The van der Waals surface area contributed by atoms with Crippen LogP contribution in [-0.4, -0.2) is 29.9 Å². The summed E-state index contributed by atoms with van der Waals surface area (Å²) >= 11 is 12.4. The first-order valence-corrected chi connectivity index (χ1v) is 10.1. The number of ketones is 1. The molecule has 0 saturated carbocycles. The topological polar surface area (TPSA) is 78.4 Å². The van der Waals surface area contributed by atoms with E-state index in [2.05, 4.69) is 10.6 Å². The summed E-state index contributed by atoms with van der Waals surface area (Å²) in [5.41, 5.74) is 2.69. The third-order valence-electron chi connectivity index (χ3n) is 4.57. The maximum absolute atomic E-state index is 13.2.